The molecule has 2 aliphatic heterocycles. The highest BCUT2D eigenvalue weighted by Gasteiger charge is 2.27. The summed E-state index contributed by atoms with van der Waals surface area (Å²) < 4.78 is 25.5. The molecule has 0 bridgehead atoms. The third kappa shape index (κ3) is 5.17. The van der Waals surface area contributed by atoms with Gasteiger partial charge in [0.25, 0.3) is 0 Å². The molecule has 4 heterocycles. The van der Waals surface area contributed by atoms with E-state index in [1.54, 1.807) is 24.1 Å². The number of rotatable bonds is 5. The highest BCUT2D eigenvalue weighted by atomic mass is 16.5. The molecular formula is C32H36N4O5. The van der Waals surface area contributed by atoms with Crippen LogP contribution in [-0.4, -0.2) is 48.7 Å². The zero-order valence-corrected chi connectivity index (χ0v) is 24.0. The van der Waals surface area contributed by atoms with Crippen molar-refractivity contribution in [2.24, 2.45) is 0 Å². The second kappa shape index (κ2) is 10.6. The Kier molecular flexibility index (Phi) is 6.99. The maximum atomic E-state index is 13.8. The summed E-state index contributed by atoms with van der Waals surface area (Å²) >= 11 is 0. The van der Waals surface area contributed by atoms with Crippen LogP contribution in [0, 0.1) is 0 Å². The third-order valence-electron chi connectivity index (χ3n) is 7.84. The first-order valence-electron chi connectivity index (χ1n) is 13.9. The molecule has 2 aromatic heterocycles. The van der Waals surface area contributed by atoms with Crippen LogP contribution in [0.25, 0.3) is 10.8 Å². The molecule has 1 fully saturated rings. The van der Waals surface area contributed by atoms with E-state index in [1.165, 1.54) is 0 Å². The topological polar surface area (TPSA) is 101 Å². The Morgan fingerprint density at radius 1 is 1.05 bits per heavy atom. The van der Waals surface area contributed by atoms with E-state index in [-0.39, 0.29) is 17.7 Å². The maximum Gasteiger partial charge on any atom is 0.182 e. The van der Waals surface area contributed by atoms with Gasteiger partial charge in [0.2, 0.25) is 0 Å². The number of aromatic nitrogens is 2. The summed E-state index contributed by atoms with van der Waals surface area (Å²) in [6.07, 6.45) is 5.45. The molecule has 41 heavy (non-hydrogen) atoms. The van der Waals surface area contributed by atoms with Crippen LogP contribution in [0.1, 0.15) is 47.8 Å². The van der Waals surface area contributed by atoms with Gasteiger partial charge in [0.05, 0.1) is 32.6 Å². The van der Waals surface area contributed by atoms with Gasteiger partial charge in [-0.25, -0.2) is 0 Å². The molecule has 0 amide bonds. The first-order chi connectivity index (χ1) is 19.7. The minimum absolute atomic E-state index is 0.0338. The van der Waals surface area contributed by atoms with Crippen LogP contribution in [0.3, 0.4) is 0 Å². The molecule has 6 rings (SSSR count). The SMILES string of the molecule is COc1c(N2CCOCC2)cc(C(=O)Cn2cc3cc4c(cc3c2N)OCc2ccncc2CO4)cc1C(C)(C)C. The van der Waals surface area contributed by atoms with Crippen molar-refractivity contribution in [2.45, 2.75) is 45.9 Å². The maximum absolute atomic E-state index is 13.8. The van der Waals surface area contributed by atoms with Crippen molar-refractivity contribution >= 4 is 28.1 Å². The van der Waals surface area contributed by atoms with E-state index in [0.29, 0.717) is 49.3 Å². The quantitative estimate of drug-likeness (QED) is 0.338. The van der Waals surface area contributed by atoms with E-state index in [0.717, 1.165) is 52.0 Å². The molecule has 2 aliphatic rings. The monoisotopic (exact) mass is 556 g/mol. The number of nitrogens with zero attached hydrogens (tertiary/aromatic N) is 3. The largest absolute Gasteiger partial charge is 0.494 e. The highest BCUT2D eigenvalue weighted by Crippen LogP contribution is 2.41. The second-order valence-electron chi connectivity index (χ2n) is 11.6. The minimum Gasteiger partial charge on any atom is -0.494 e. The lowest BCUT2D eigenvalue weighted by molar-refractivity contribution is 0.0973. The van der Waals surface area contributed by atoms with E-state index >= 15 is 0 Å². The molecule has 2 N–H and O–H groups in total. The number of methoxy groups -OCH3 is 1. The fourth-order valence-electron chi connectivity index (χ4n) is 5.52. The summed E-state index contributed by atoms with van der Waals surface area (Å²) in [5.41, 5.74) is 10.9. The average molecular weight is 557 g/mol. The zero-order chi connectivity index (χ0) is 28.7. The number of benzene rings is 2. The molecule has 0 spiro atoms. The second-order valence-corrected chi connectivity index (χ2v) is 11.6. The van der Waals surface area contributed by atoms with Gasteiger partial charge in [0.15, 0.2) is 17.3 Å². The van der Waals surface area contributed by atoms with Crippen LogP contribution in [0.2, 0.25) is 0 Å². The summed E-state index contributed by atoms with van der Waals surface area (Å²) in [6.45, 7) is 10.1. The lowest BCUT2D eigenvalue weighted by Crippen LogP contribution is -2.37. The van der Waals surface area contributed by atoms with Crippen molar-refractivity contribution in [1.82, 2.24) is 9.55 Å². The highest BCUT2D eigenvalue weighted by molar-refractivity contribution is 6.00. The van der Waals surface area contributed by atoms with Crippen LogP contribution < -0.4 is 24.8 Å². The van der Waals surface area contributed by atoms with Crippen molar-refractivity contribution in [2.75, 3.05) is 44.0 Å². The number of pyridine rings is 1. The molecule has 214 valence electrons. The fraction of sp³-hybridized carbons (Fsp3) is 0.375. The molecule has 0 aliphatic carbocycles. The Morgan fingerprint density at radius 2 is 1.78 bits per heavy atom. The smallest absolute Gasteiger partial charge is 0.182 e. The van der Waals surface area contributed by atoms with Crippen LogP contribution in [0.4, 0.5) is 11.5 Å². The summed E-state index contributed by atoms with van der Waals surface area (Å²) in [5, 5.41) is 1.69. The predicted molar refractivity (Wildman–Crippen MR) is 158 cm³/mol. The molecule has 9 heteroatoms. The van der Waals surface area contributed by atoms with Gasteiger partial charge in [0.1, 0.15) is 24.8 Å². The Balaban J connectivity index is 1.33. The summed E-state index contributed by atoms with van der Waals surface area (Å²) in [4.78, 5) is 20.2. The van der Waals surface area contributed by atoms with Crippen LogP contribution >= 0.6 is 0 Å². The van der Waals surface area contributed by atoms with Crippen molar-refractivity contribution in [1.29, 1.82) is 0 Å². The Bertz CT molecular complexity index is 1610. The molecule has 1 saturated heterocycles. The first-order valence-corrected chi connectivity index (χ1v) is 13.9. The number of hydrogen-bond acceptors (Lipinski definition) is 8. The number of nitrogen functional groups attached to an aromatic ring is 1. The van der Waals surface area contributed by atoms with Gasteiger partial charge in [-0.2, -0.15) is 0 Å². The Labute approximate surface area is 239 Å². The molecule has 0 atom stereocenters. The van der Waals surface area contributed by atoms with E-state index in [4.69, 9.17) is 24.7 Å². The van der Waals surface area contributed by atoms with Gasteiger partial charge in [0, 0.05) is 59.1 Å². The number of fused-ring (bicyclic) bond motifs is 3. The molecule has 0 unspecified atom stereocenters. The van der Waals surface area contributed by atoms with E-state index in [9.17, 15) is 4.79 Å². The number of ketones is 1. The summed E-state index contributed by atoms with van der Waals surface area (Å²) in [6, 6.07) is 9.67. The fourth-order valence-corrected chi connectivity index (χ4v) is 5.52. The summed E-state index contributed by atoms with van der Waals surface area (Å²) in [7, 11) is 1.69. The average Bonchev–Trinajstić information content (AvgIpc) is 3.26. The van der Waals surface area contributed by atoms with E-state index in [2.05, 4.69) is 30.7 Å². The summed E-state index contributed by atoms with van der Waals surface area (Å²) in [5.74, 6) is 2.53. The molecule has 0 radical (unpaired) electrons. The number of ether oxygens (including phenoxy) is 4. The Morgan fingerprint density at radius 3 is 2.51 bits per heavy atom. The van der Waals surface area contributed by atoms with Crippen LogP contribution in [-0.2, 0) is 29.9 Å². The number of Topliss-reactive ketones (excluding diaryl/α,β-unsaturated/α-hetero) is 1. The van der Waals surface area contributed by atoms with Crippen molar-refractivity contribution in [3.8, 4) is 17.2 Å². The molecule has 9 nitrogen and oxygen atoms in total. The lowest BCUT2D eigenvalue weighted by Gasteiger charge is -2.33. The molecule has 2 aromatic carbocycles. The lowest BCUT2D eigenvalue weighted by atomic mass is 9.84. The Hall–Kier alpha value is -4.24. The molecule has 0 saturated carbocycles. The van der Waals surface area contributed by atoms with Crippen LogP contribution in [0.15, 0.2) is 48.9 Å². The van der Waals surface area contributed by atoms with E-state index < -0.39 is 0 Å². The number of carbonyl (C=O) groups is 1. The molecule has 4 aromatic rings. The normalized spacial score (nSPS) is 15.3. The van der Waals surface area contributed by atoms with Gasteiger partial charge in [-0.15, -0.1) is 0 Å². The zero-order valence-electron chi connectivity index (χ0n) is 24.0. The number of morpholine rings is 1. The number of carbonyl (C=O) groups excluding carboxylic acids is 1. The van der Waals surface area contributed by atoms with Gasteiger partial charge in [-0.1, -0.05) is 20.8 Å². The van der Waals surface area contributed by atoms with Gasteiger partial charge in [-0.05, 0) is 41.3 Å². The van der Waals surface area contributed by atoms with Crippen molar-refractivity contribution in [3.05, 3.63) is 71.2 Å². The third-order valence-corrected chi connectivity index (χ3v) is 7.84. The molecular weight excluding hydrogens is 520 g/mol. The van der Waals surface area contributed by atoms with E-state index in [1.807, 2.05) is 36.5 Å². The number of hydrogen-bond donors (Lipinski definition) is 1. The minimum atomic E-state index is -0.226. The van der Waals surface area contributed by atoms with Crippen molar-refractivity contribution in [3.63, 3.8) is 0 Å². The standard InChI is InChI=1S/C32H36N4O5/c1-32(2,3)25-11-21(12-26(30(25)38-4)35-7-9-39-10-8-35)27(37)17-36-16-22-13-28-29(14-24(22)31(36)33)40-18-20-5-6-34-15-23(20)19-41-28/h5-6,11-16H,7-10,17-19,33H2,1-4H3. The number of anilines is 2. The van der Waals surface area contributed by atoms with Crippen LogP contribution in [0.5, 0.6) is 17.2 Å². The number of nitrogens with two attached hydrogens (primary N) is 1. The first kappa shape index (κ1) is 27.0. The predicted octanol–water partition coefficient (Wildman–Crippen LogP) is 5.12. The van der Waals surface area contributed by atoms with Gasteiger partial charge in [-0.3, -0.25) is 9.78 Å². The van der Waals surface area contributed by atoms with Gasteiger partial charge < -0.3 is 34.1 Å². The van der Waals surface area contributed by atoms with Gasteiger partial charge >= 0.3 is 0 Å². The van der Waals surface area contributed by atoms with Crippen molar-refractivity contribution < 1.29 is 23.7 Å².